The normalized spacial score (nSPS) is 13.9. The van der Waals surface area contributed by atoms with E-state index in [1.54, 1.807) is 29.2 Å². The zero-order valence-corrected chi connectivity index (χ0v) is 16.5. The van der Waals surface area contributed by atoms with Gasteiger partial charge in [0.05, 0.1) is 6.61 Å². The first kappa shape index (κ1) is 20.0. The Morgan fingerprint density at radius 1 is 1.04 bits per heavy atom. The van der Waals surface area contributed by atoms with Crippen molar-refractivity contribution in [1.82, 2.24) is 4.90 Å². The number of hydrogen-bond donors (Lipinski definition) is 0. The lowest BCUT2D eigenvalue weighted by Crippen LogP contribution is -2.49. The Bertz CT molecular complexity index is 835. The Balaban J connectivity index is 1.50. The summed E-state index contributed by atoms with van der Waals surface area (Å²) >= 11 is 6.05. The maximum absolute atomic E-state index is 12.4. The molecule has 2 aromatic rings. The van der Waals surface area contributed by atoms with Crippen LogP contribution in [0.1, 0.15) is 17.3 Å². The van der Waals surface area contributed by atoms with E-state index in [9.17, 15) is 9.59 Å². The van der Waals surface area contributed by atoms with Gasteiger partial charge in [0, 0.05) is 36.9 Å². The molecule has 1 heterocycles. The van der Waals surface area contributed by atoms with Crippen molar-refractivity contribution >= 4 is 29.2 Å². The molecule has 1 saturated heterocycles. The lowest BCUT2D eigenvalue weighted by atomic mass is 10.2. The SMILES string of the molecule is CCOc1ccccc1C(=O)OCC(=O)N1CCN(c2cccc(Cl)c2)CC1. The van der Waals surface area contributed by atoms with E-state index in [2.05, 4.69) is 4.90 Å². The number of esters is 1. The molecule has 0 bridgehead atoms. The van der Waals surface area contributed by atoms with E-state index in [0.29, 0.717) is 49.1 Å². The Labute approximate surface area is 169 Å². The van der Waals surface area contributed by atoms with Gasteiger partial charge in [-0.25, -0.2) is 4.79 Å². The van der Waals surface area contributed by atoms with Crippen LogP contribution in [0.25, 0.3) is 0 Å². The molecule has 2 aromatic carbocycles. The average molecular weight is 403 g/mol. The van der Waals surface area contributed by atoms with Crippen LogP contribution in [0.15, 0.2) is 48.5 Å². The summed E-state index contributed by atoms with van der Waals surface area (Å²) in [6.07, 6.45) is 0. The van der Waals surface area contributed by atoms with Crippen LogP contribution in [0.5, 0.6) is 5.75 Å². The van der Waals surface area contributed by atoms with Gasteiger partial charge >= 0.3 is 5.97 Å². The molecule has 1 fully saturated rings. The van der Waals surface area contributed by atoms with Crippen molar-refractivity contribution in [3.8, 4) is 5.75 Å². The second kappa shape index (κ2) is 9.46. The van der Waals surface area contributed by atoms with Gasteiger partial charge in [0.15, 0.2) is 6.61 Å². The first-order valence-corrected chi connectivity index (χ1v) is 9.63. The van der Waals surface area contributed by atoms with E-state index in [1.807, 2.05) is 31.2 Å². The highest BCUT2D eigenvalue weighted by molar-refractivity contribution is 6.30. The Kier molecular flexibility index (Phi) is 6.76. The number of hydrogen-bond acceptors (Lipinski definition) is 5. The molecule has 7 heteroatoms. The van der Waals surface area contributed by atoms with E-state index >= 15 is 0 Å². The number of carbonyl (C=O) groups is 2. The molecule has 0 spiro atoms. The lowest BCUT2D eigenvalue weighted by Gasteiger charge is -2.36. The van der Waals surface area contributed by atoms with Crippen LogP contribution < -0.4 is 9.64 Å². The van der Waals surface area contributed by atoms with Crippen molar-refractivity contribution in [2.45, 2.75) is 6.92 Å². The van der Waals surface area contributed by atoms with Crippen LogP contribution in [-0.2, 0) is 9.53 Å². The third kappa shape index (κ3) is 4.95. The molecule has 28 heavy (non-hydrogen) atoms. The van der Waals surface area contributed by atoms with Gasteiger partial charge in [-0.1, -0.05) is 29.8 Å². The Morgan fingerprint density at radius 3 is 2.50 bits per heavy atom. The lowest BCUT2D eigenvalue weighted by molar-refractivity contribution is -0.134. The topological polar surface area (TPSA) is 59.1 Å². The van der Waals surface area contributed by atoms with Crippen LogP contribution in [0.4, 0.5) is 5.69 Å². The highest BCUT2D eigenvalue weighted by Crippen LogP contribution is 2.21. The van der Waals surface area contributed by atoms with Crippen LogP contribution in [0.3, 0.4) is 0 Å². The number of benzene rings is 2. The third-order valence-corrected chi connectivity index (χ3v) is 4.77. The van der Waals surface area contributed by atoms with Crippen LogP contribution in [0.2, 0.25) is 5.02 Å². The quantitative estimate of drug-likeness (QED) is 0.694. The number of anilines is 1. The van der Waals surface area contributed by atoms with E-state index < -0.39 is 5.97 Å². The van der Waals surface area contributed by atoms with E-state index in [-0.39, 0.29) is 12.5 Å². The Hall–Kier alpha value is -2.73. The zero-order chi connectivity index (χ0) is 19.9. The average Bonchev–Trinajstić information content (AvgIpc) is 2.72. The fraction of sp³-hybridized carbons (Fsp3) is 0.333. The van der Waals surface area contributed by atoms with Crippen molar-refractivity contribution < 1.29 is 19.1 Å². The fourth-order valence-corrected chi connectivity index (χ4v) is 3.28. The maximum Gasteiger partial charge on any atom is 0.342 e. The van der Waals surface area contributed by atoms with Gasteiger partial charge in [-0.15, -0.1) is 0 Å². The number of amides is 1. The summed E-state index contributed by atoms with van der Waals surface area (Å²) in [5.74, 6) is -0.305. The van der Waals surface area contributed by atoms with Gasteiger partial charge in [-0.3, -0.25) is 4.79 Å². The summed E-state index contributed by atoms with van der Waals surface area (Å²) < 4.78 is 10.6. The van der Waals surface area contributed by atoms with Crippen LogP contribution in [0, 0.1) is 0 Å². The second-order valence-corrected chi connectivity index (χ2v) is 6.79. The minimum atomic E-state index is -0.560. The molecule has 1 aliphatic heterocycles. The molecule has 148 valence electrons. The van der Waals surface area contributed by atoms with Gasteiger partial charge < -0.3 is 19.3 Å². The van der Waals surface area contributed by atoms with Crippen LogP contribution in [-0.4, -0.2) is 56.2 Å². The van der Waals surface area contributed by atoms with Gasteiger partial charge in [-0.05, 0) is 37.3 Å². The van der Waals surface area contributed by atoms with Crippen molar-refractivity contribution in [2.75, 3.05) is 44.3 Å². The predicted octanol–water partition coefficient (Wildman–Crippen LogP) is 3.24. The second-order valence-electron chi connectivity index (χ2n) is 6.35. The monoisotopic (exact) mass is 402 g/mol. The number of piperazine rings is 1. The minimum Gasteiger partial charge on any atom is -0.493 e. The number of rotatable bonds is 6. The van der Waals surface area contributed by atoms with Crippen LogP contribution >= 0.6 is 11.6 Å². The van der Waals surface area contributed by atoms with E-state index in [0.717, 1.165) is 5.69 Å². The van der Waals surface area contributed by atoms with Crippen molar-refractivity contribution in [2.24, 2.45) is 0 Å². The summed E-state index contributed by atoms with van der Waals surface area (Å²) in [6, 6.07) is 14.5. The highest BCUT2D eigenvalue weighted by Gasteiger charge is 2.23. The summed E-state index contributed by atoms with van der Waals surface area (Å²) in [7, 11) is 0. The van der Waals surface area contributed by atoms with Gasteiger partial charge in [0.1, 0.15) is 11.3 Å². The highest BCUT2D eigenvalue weighted by atomic mass is 35.5. The largest absolute Gasteiger partial charge is 0.493 e. The van der Waals surface area contributed by atoms with Crippen molar-refractivity contribution in [3.63, 3.8) is 0 Å². The minimum absolute atomic E-state index is 0.201. The standard InChI is InChI=1S/C21H23ClN2O4/c1-2-27-19-9-4-3-8-18(19)21(26)28-15-20(25)24-12-10-23(11-13-24)17-7-5-6-16(22)14-17/h3-9,14H,2,10-13,15H2,1H3. The number of para-hydroxylation sites is 1. The van der Waals surface area contributed by atoms with E-state index in [4.69, 9.17) is 21.1 Å². The van der Waals surface area contributed by atoms with Crippen molar-refractivity contribution in [1.29, 1.82) is 0 Å². The van der Waals surface area contributed by atoms with Gasteiger partial charge in [0.25, 0.3) is 5.91 Å². The molecule has 0 radical (unpaired) electrons. The smallest absolute Gasteiger partial charge is 0.342 e. The summed E-state index contributed by atoms with van der Waals surface area (Å²) in [6.45, 7) is 4.54. The summed E-state index contributed by atoms with van der Waals surface area (Å²) in [4.78, 5) is 28.6. The molecule has 6 nitrogen and oxygen atoms in total. The number of nitrogens with zero attached hydrogens (tertiary/aromatic N) is 2. The molecule has 0 saturated carbocycles. The molecule has 0 aliphatic carbocycles. The third-order valence-electron chi connectivity index (χ3n) is 4.54. The number of ether oxygens (including phenoxy) is 2. The van der Waals surface area contributed by atoms with Gasteiger partial charge in [-0.2, -0.15) is 0 Å². The number of halogens is 1. The molecular formula is C21H23ClN2O4. The summed E-state index contributed by atoms with van der Waals surface area (Å²) in [5, 5.41) is 0.690. The molecule has 0 N–H and O–H groups in total. The molecular weight excluding hydrogens is 380 g/mol. The molecule has 3 rings (SSSR count). The fourth-order valence-electron chi connectivity index (χ4n) is 3.10. The molecule has 1 aliphatic rings. The maximum atomic E-state index is 12.4. The first-order chi connectivity index (χ1) is 13.6. The molecule has 0 unspecified atom stereocenters. The summed E-state index contributed by atoms with van der Waals surface area (Å²) in [5.41, 5.74) is 1.36. The zero-order valence-electron chi connectivity index (χ0n) is 15.8. The molecule has 1 amide bonds. The molecule has 0 atom stereocenters. The predicted molar refractivity (Wildman–Crippen MR) is 108 cm³/mol. The number of carbonyl (C=O) groups excluding carboxylic acids is 2. The Morgan fingerprint density at radius 2 is 1.79 bits per heavy atom. The van der Waals surface area contributed by atoms with Gasteiger partial charge in [0.2, 0.25) is 0 Å². The van der Waals surface area contributed by atoms with E-state index in [1.165, 1.54) is 0 Å². The first-order valence-electron chi connectivity index (χ1n) is 9.25. The molecule has 0 aromatic heterocycles. The van der Waals surface area contributed by atoms with Crippen molar-refractivity contribution in [3.05, 3.63) is 59.1 Å².